The summed E-state index contributed by atoms with van der Waals surface area (Å²) in [6.45, 7) is 25.4. The van der Waals surface area contributed by atoms with Gasteiger partial charge in [-0.1, -0.05) is 439 Å². The second kappa shape index (κ2) is 81.3. The van der Waals surface area contributed by atoms with E-state index in [1.807, 2.05) is 0 Å². The summed E-state index contributed by atoms with van der Waals surface area (Å²) in [5.74, 6) is 8.48. The lowest BCUT2D eigenvalue weighted by Crippen LogP contribution is -2.15. The normalized spacial score (nSPS) is 12.6. The molecule has 7 rings (SSSR count). The van der Waals surface area contributed by atoms with E-state index in [-0.39, 0.29) is 52.9 Å². The molecular formula is C124H200O14. The highest BCUT2D eigenvalue weighted by atomic mass is 16.6. The van der Waals surface area contributed by atoms with Gasteiger partial charge in [0.05, 0.1) is 79.3 Å². The molecule has 1 aliphatic rings. The van der Waals surface area contributed by atoms with E-state index in [0.717, 1.165) is 193 Å². The zero-order chi connectivity index (χ0) is 97.3. The van der Waals surface area contributed by atoms with Crippen molar-refractivity contribution >= 4 is 0 Å². The average Bonchev–Trinajstić information content (AvgIpc) is 0.780. The van der Waals surface area contributed by atoms with Crippen LogP contribution in [-0.2, 0) is 9.47 Å². The molecule has 1 aliphatic heterocycles. The molecule has 6 aromatic rings. The van der Waals surface area contributed by atoms with Gasteiger partial charge in [-0.25, -0.2) is 0 Å². The van der Waals surface area contributed by atoms with Gasteiger partial charge in [-0.05, 0) is 169 Å². The highest BCUT2D eigenvalue weighted by Crippen LogP contribution is 2.48. The van der Waals surface area contributed by atoms with Crippen molar-refractivity contribution in [3.8, 4) is 114 Å². The molecule has 0 N–H and O–H groups in total. The van der Waals surface area contributed by atoms with Gasteiger partial charge in [0, 0.05) is 0 Å². The van der Waals surface area contributed by atoms with Crippen molar-refractivity contribution in [2.24, 2.45) is 0 Å². The predicted molar refractivity (Wildman–Crippen MR) is 583 cm³/mol. The van der Waals surface area contributed by atoms with Crippen LogP contribution in [0.15, 0.2) is 97.1 Å². The van der Waals surface area contributed by atoms with Gasteiger partial charge in [0.25, 0.3) is 0 Å². The summed E-state index contributed by atoms with van der Waals surface area (Å²) in [5.41, 5.74) is 7.70. The number of fused-ring (bicyclic) bond motifs is 2. The zero-order valence-electron chi connectivity index (χ0n) is 89.5. The highest BCUT2D eigenvalue weighted by Gasteiger charge is 2.24. The molecule has 0 bridgehead atoms. The van der Waals surface area contributed by atoms with Crippen LogP contribution in [0.4, 0.5) is 0 Å². The van der Waals surface area contributed by atoms with E-state index in [9.17, 15) is 0 Å². The first-order chi connectivity index (χ1) is 68.4. The van der Waals surface area contributed by atoms with Crippen molar-refractivity contribution in [3.05, 3.63) is 97.1 Å². The van der Waals surface area contributed by atoms with E-state index in [1.165, 1.54) is 308 Å². The van der Waals surface area contributed by atoms with E-state index in [2.05, 4.69) is 152 Å². The fourth-order valence-corrected chi connectivity index (χ4v) is 18.5. The number of hydrogen-bond donors (Lipinski definition) is 0. The van der Waals surface area contributed by atoms with E-state index in [4.69, 9.17) is 66.3 Å². The highest BCUT2D eigenvalue weighted by molar-refractivity contribution is 5.89. The smallest absolute Gasteiger partial charge is 0.161 e. The Morgan fingerprint density at radius 1 is 0.152 bits per heavy atom. The maximum absolute atomic E-state index is 6.97. The van der Waals surface area contributed by atoms with Crippen molar-refractivity contribution < 1.29 is 66.3 Å². The SMILES string of the molecule is CCCCCCCCCCOc1ccc(-c2cc3c(cc2-c2ccc(OCCCCCCCCCC)c(OCCCCCCCCCC)c2)OCCOCCOc2cc(-c4ccc(OCCCCCCCCCC)c(OCCCCCCCCCC)c4)c(-c4ccc(OCCCCCCCCCC)c(OCCCCCCCCCC)c4)cc2OCCOCCO3)cc1OCCCCCCCCCC. The van der Waals surface area contributed by atoms with Crippen molar-refractivity contribution in [2.45, 2.75) is 466 Å². The van der Waals surface area contributed by atoms with Crippen molar-refractivity contribution in [2.75, 3.05) is 106 Å². The fourth-order valence-electron chi connectivity index (χ4n) is 18.5. The van der Waals surface area contributed by atoms with Crippen LogP contribution in [0.5, 0.6) is 69.0 Å². The molecule has 0 atom stereocenters. The minimum Gasteiger partial charge on any atom is -0.490 e. The van der Waals surface area contributed by atoms with E-state index < -0.39 is 0 Å². The molecule has 0 spiro atoms. The molecule has 138 heavy (non-hydrogen) atoms. The third-order valence-corrected chi connectivity index (χ3v) is 27.2. The molecule has 0 radical (unpaired) electrons. The first-order valence-corrected chi connectivity index (χ1v) is 58.0. The molecule has 0 fully saturated rings. The summed E-state index contributed by atoms with van der Waals surface area (Å²) in [5, 5.41) is 0. The summed E-state index contributed by atoms with van der Waals surface area (Å²) in [4.78, 5) is 0. The Kier molecular flexibility index (Phi) is 69.4. The van der Waals surface area contributed by atoms with Crippen LogP contribution in [0.3, 0.4) is 0 Å². The van der Waals surface area contributed by atoms with Crippen LogP contribution in [0.2, 0.25) is 0 Å². The van der Waals surface area contributed by atoms with Crippen LogP contribution < -0.4 is 56.8 Å². The lowest BCUT2D eigenvalue weighted by molar-refractivity contribution is 0.0641. The standard InChI is InChI=1S/C124H200O14/c1-9-17-25-33-41-49-57-65-81-127-113-77-73-105(97-117(113)131-85-69-61-53-45-37-29-21-13-5)109-101-121-122(102-110(109)106-74-78-114(128-82-66-58-50-42-34-26-18-10-2)118(98-106)132-86-70-62-54-46-38-30-22-14-6)136-94-90-126-92-96-138-124-104-112(108-76-80-116(130-84-68-60-52-44-36-28-20-12-4)120(100-108)134-88-72-64-56-48-40-32-24-16-8)111(103-123(124)137-95-91-125-89-93-135-121)107-75-79-115(129-83-67-59-51-43-35-27-19-11-3)119(99-107)133-87-71-63-55-47-39-31-23-15-7/h73-80,97-104H,9-72,81-96H2,1-8H3. The average molecular weight is 1910 g/mol. The Balaban J connectivity index is 1.26. The Bertz CT molecular complexity index is 3420. The second-order valence-corrected chi connectivity index (χ2v) is 39.5. The van der Waals surface area contributed by atoms with Crippen LogP contribution >= 0.6 is 0 Å². The van der Waals surface area contributed by atoms with E-state index in [1.54, 1.807) is 0 Å². The summed E-state index contributed by atoms with van der Waals surface area (Å²) in [6, 6.07) is 34.6. The molecule has 14 heteroatoms. The molecule has 1 heterocycles. The van der Waals surface area contributed by atoms with Gasteiger partial charge >= 0.3 is 0 Å². The molecule has 0 aromatic heterocycles. The third kappa shape index (κ3) is 52.2. The van der Waals surface area contributed by atoms with Crippen LogP contribution in [0, 0.1) is 0 Å². The first kappa shape index (κ1) is 118. The van der Waals surface area contributed by atoms with Gasteiger partial charge in [-0.3, -0.25) is 0 Å². The molecule has 14 nitrogen and oxygen atoms in total. The van der Waals surface area contributed by atoms with E-state index in [0.29, 0.717) is 75.9 Å². The monoisotopic (exact) mass is 1910 g/mol. The summed E-state index contributed by atoms with van der Waals surface area (Å²) in [7, 11) is 0. The first-order valence-electron chi connectivity index (χ1n) is 58.0. The fraction of sp³-hybridized carbons (Fsp3) is 0.710. The number of rotatable bonds is 84. The summed E-state index contributed by atoms with van der Waals surface area (Å²) in [6.07, 6.45) is 78.5. The minimum atomic E-state index is 0.245. The van der Waals surface area contributed by atoms with Crippen molar-refractivity contribution in [3.63, 3.8) is 0 Å². The Morgan fingerprint density at radius 2 is 0.290 bits per heavy atom. The number of unbranched alkanes of at least 4 members (excludes halogenated alkanes) is 56. The lowest BCUT2D eigenvalue weighted by atomic mass is 9.93. The predicted octanol–water partition coefficient (Wildman–Crippen LogP) is 37.8. The number of ether oxygens (including phenoxy) is 14. The minimum absolute atomic E-state index is 0.245. The van der Waals surface area contributed by atoms with Crippen molar-refractivity contribution in [1.29, 1.82) is 0 Å². The second-order valence-electron chi connectivity index (χ2n) is 39.5. The maximum Gasteiger partial charge on any atom is 0.161 e. The third-order valence-electron chi connectivity index (χ3n) is 27.2. The Labute approximate surface area is 843 Å². The summed E-state index contributed by atoms with van der Waals surface area (Å²) < 4.78 is 95.6. The van der Waals surface area contributed by atoms with Crippen LogP contribution in [0.1, 0.15) is 466 Å². The van der Waals surface area contributed by atoms with Gasteiger partial charge in [-0.2, -0.15) is 0 Å². The molecule has 6 aromatic carbocycles. The quantitative estimate of drug-likeness (QED) is 0.0336. The number of benzene rings is 6. The van der Waals surface area contributed by atoms with Gasteiger partial charge < -0.3 is 66.3 Å². The molecule has 0 unspecified atom stereocenters. The topological polar surface area (TPSA) is 129 Å². The zero-order valence-corrected chi connectivity index (χ0v) is 89.5. The molecule has 0 amide bonds. The Hall–Kier alpha value is -7.16. The molecule has 0 saturated carbocycles. The van der Waals surface area contributed by atoms with E-state index >= 15 is 0 Å². The van der Waals surface area contributed by atoms with Gasteiger partial charge in [0.15, 0.2) is 69.0 Å². The molecular weight excluding hydrogens is 1710 g/mol. The Morgan fingerprint density at radius 3 is 0.442 bits per heavy atom. The van der Waals surface area contributed by atoms with Gasteiger partial charge in [0.1, 0.15) is 26.4 Å². The largest absolute Gasteiger partial charge is 0.490 e. The van der Waals surface area contributed by atoms with Crippen LogP contribution in [0.25, 0.3) is 44.5 Å². The molecule has 0 saturated heterocycles. The van der Waals surface area contributed by atoms with Gasteiger partial charge in [0.2, 0.25) is 0 Å². The van der Waals surface area contributed by atoms with Crippen LogP contribution in [-0.4, -0.2) is 106 Å². The van der Waals surface area contributed by atoms with Crippen molar-refractivity contribution in [1.82, 2.24) is 0 Å². The lowest BCUT2D eigenvalue weighted by Gasteiger charge is -2.21. The maximum atomic E-state index is 6.97. The summed E-state index contributed by atoms with van der Waals surface area (Å²) >= 11 is 0. The molecule has 0 aliphatic carbocycles. The van der Waals surface area contributed by atoms with Gasteiger partial charge in [-0.15, -0.1) is 0 Å². The molecule has 780 valence electrons. The number of hydrogen-bond acceptors (Lipinski definition) is 14.